The number of hydrogen-bond donors (Lipinski definition) is 1. The first-order chi connectivity index (χ1) is 8.26. The fraction of sp³-hybridized carbons (Fsp3) is 0.692. The van der Waals surface area contributed by atoms with Gasteiger partial charge in [0.1, 0.15) is 6.04 Å². The molecule has 2 rings (SSSR count). The number of rotatable bonds is 3. The Bertz CT molecular complexity index is 353. The van der Waals surface area contributed by atoms with Gasteiger partial charge in [-0.15, -0.1) is 6.42 Å². The van der Waals surface area contributed by atoms with Gasteiger partial charge in [0.05, 0.1) is 18.7 Å². The van der Waals surface area contributed by atoms with Crippen molar-refractivity contribution in [2.45, 2.75) is 50.2 Å². The molecule has 0 aromatic heterocycles. The molecule has 0 aromatic rings. The number of carbonyl (C=O) groups excluding carboxylic acids is 1. The highest BCUT2D eigenvalue weighted by Crippen LogP contribution is 2.23. The van der Waals surface area contributed by atoms with Crippen LogP contribution in [-0.4, -0.2) is 35.5 Å². The molecule has 4 nitrogen and oxygen atoms in total. The topological polar surface area (TPSA) is 56.1 Å². The summed E-state index contributed by atoms with van der Waals surface area (Å²) in [6, 6.07) is 2.09. The van der Waals surface area contributed by atoms with E-state index in [0.29, 0.717) is 19.0 Å². The van der Waals surface area contributed by atoms with Crippen LogP contribution >= 0.6 is 0 Å². The van der Waals surface area contributed by atoms with Crippen LogP contribution in [0.1, 0.15) is 32.1 Å². The van der Waals surface area contributed by atoms with Crippen LogP contribution in [0.4, 0.5) is 0 Å². The molecular formula is C13H17N3O. The van der Waals surface area contributed by atoms with E-state index in [4.69, 9.17) is 11.7 Å². The maximum atomic E-state index is 12.0. The van der Waals surface area contributed by atoms with Gasteiger partial charge in [0.25, 0.3) is 0 Å². The fourth-order valence-corrected chi connectivity index (χ4v) is 2.38. The van der Waals surface area contributed by atoms with E-state index < -0.39 is 0 Å². The van der Waals surface area contributed by atoms with Gasteiger partial charge in [0.2, 0.25) is 5.91 Å². The van der Waals surface area contributed by atoms with Crippen LogP contribution < -0.4 is 5.32 Å². The number of nitrogens with one attached hydrogen (secondary N) is 1. The summed E-state index contributed by atoms with van der Waals surface area (Å²) in [5, 5.41) is 12.2. The minimum Gasteiger partial charge on any atom is -0.312 e. The average Bonchev–Trinajstić information content (AvgIpc) is 2.69. The maximum absolute atomic E-state index is 12.0. The molecule has 2 atom stereocenters. The Hall–Kier alpha value is -1.52. The van der Waals surface area contributed by atoms with E-state index >= 15 is 0 Å². The molecule has 1 N–H and O–H groups in total. The first kappa shape index (κ1) is 12.0. The van der Waals surface area contributed by atoms with Gasteiger partial charge >= 0.3 is 0 Å². The lowest BCUT2D eigenvalue weighted by atomic mass is 9.93. The minimum atomic E-state index is -0.341. The standard InChI is InChI=1S/C13H17N3O/c1-2-11-6-7-12(8-14)16(11)13(17)9-15-10-4-3-5-10/h1,10-12,15H,3-7,9H2/t11-,12-/m0/s1. The summed E-state index contributed by atoms with van der Waals surface area (Å²) in [4.78, 5) is 13.6. The number of carbonyl (C=O) groups is 1. The van der Waals surface area contributed by atoms with Gasteiger partial charge in [0, 0.05) is 6.04 Å². The number of amides is 1. The number of likely N-dealkylation sites (tertiary alicyclic amines) is 1. The molecular weight excluding hydrogens is 214 g/mol. The highest BCUT2D eigenvalue weighted by Gasteiger charge is 2.35. The molecule has 1 amide bonds. The van der Waals surface area contributed by atoms with Gasteiger partial charge in [-0.25, -0.2) is 0 Å². The fourth-order valence-electron chi connectivity index (χ4n) is 2.38. The smallest absolute Gasteiger partial charge is 0.238 e. The van der Waals surface area contributed by atoms with Crippen LogP contribution in [0.15, 0.2) is 0 Å². The van der Waals surface area contributed by atoms with E-state index in [1.54, 1.807) is 4.90 Å². The Kier molecular flexibility index (Phi) is 3.66. The molecule has 2 aliphatic rings. The van der Waals surface area contributed by atoms with E-state index in [-0.39, 0.29) is 18.0 Å². The van der Waals surface area contributed by atoms with Crippen molar-refractivity contribution in [1.82, 2.24) is 10.2 Å². The SMILES string of the molecule is C#C[C@H]1CC[C@@H](C#N)N1C(=O)CNC1CCC1. The lowest BCUT2D eigenvalue weighted by molar-refractivity contribution is -0.131. The third kappa shape index (κ3) is 2.43. The zero-order valence-corrected chi connectivity index (χ0v) is 9.85. The third-order valence-corrected chi connectivity index (χ3v) is 3.66. The van der Waals surface area contributed by atoms with Crippen LogP contribution in [0.3, 0.4) is 0 Å². The van der Waals surface area contributed by atoms with Crippen molar-refractivity contribution in [3.63, 3.8) is 0 Å². The highest BCUT2D eigenvalue weighted by molar-refractivity contribution is 5.80. The van der Waals surface area contributed by atoms with Crippen LogP contribution in [0.5, 0.6) is 0 Å². The van der Waals surface area contributed by atoms with Crippen LogP contribution in [0, 0.1) is 23.7 Å². The quantitative estimate of drug-likeness (QED) is 0.725. The predicted octanol–water partition coefficient (Wildman–Crippen LogP) is 0.645. The van der Waals surface area contributed by atoms with Gasteiger partial charge in [-0.05, 0) is 25.7 Å². The van der Waals surface area contributed by atoms with Crippen molar-refractivity contribution in [2.75, 3.05) is 6.54 Å². The van der Waals surface area contributed by atoms with Crippen molar-refractivity contribution < 1.29 is 4.79 Å². The summed E-state index contributed by atoms with van der Waals surface area (Å²) in [6.45, 7) is 0.307. The van der Waals surface area contributed by atoms with Crippen molar-refractivity contribution >= 4 is 5.91 Å². The van der Waals surface area contributed by atoms with Crippen molar-refractivity contribution in [1.29, 1.82) is 5.26 Å². The highest BCUT2D eigenvalue weighted by atomic mass is 16.2. The van der Waals surface area contributed by atoms with Gasteiger partial charge in [0.15, 0.2) is 0 Å². The summed E-state index contributed by atoms with van der Waals surface area (Å²) in [7, 11) is 0. The van der Waals surface area contributed by atoms with Gasteiger partial charge < -0.3 is 10.2 Å². The zero-order valence-electron chi connectivity index (χ0n) is 9.85. The van der Waals surface area contributed by atoms with Crippen molar-refractivity contribution in [3.8, 4) is 18.4 Å². The Labute approximate surface area is 102 Å². The summed E-state index contributed by atoms with van der Waals surface area (Å²) < 4.78 is 0. The van der Waals surface area contributed by atoms with E-state index in [0.717, 1.165) is 19.3 Å². The molecule has 1 heterocycles. The molecule has 0 unspecified atom stereocenters. The molecule has 2 fully saturated rings. The monoisotopic (exact) mass is 231 g/mol. The Balaban J connectivity index is 1.91. The van der Waals surface area contributed by atoms with E-state index in [2.05, 4.69) is 17.3 Å². The zero-order chi connectivity index (χ0) is 12.3. The summed E-state index contributed by atoms with van der Waals surface area (Å²) >= 11 is 0. The molecule has 0 bridgehead atoms. The van der Waals surface area contributed by atoms with Crippen molar-refractivity contribution in [2.24, 2.45) is 0 Å². The summed E-state index contributed by atoms with van der Waals surface area (Å²) in [6.07, 6.45) is 10.4. The molecule has 1 aliphatic carbocycles. The molecule has 17 heavy (non-hydrogen) atoms. The second-order valence-electron chi connectivity index (χ2n) is 4.71. The molecule has 1 saturated heterocycles. The maximum Gasteiger partial charge on any atom is 0.238 e. The normalized spacial score (nSPS) is 28.2. The largest absolute Gasteiger partial charge is 0.312 e. The lowest BCUT2D eigenvalue weighted by Gasteiger charge is -2.29. The predicted molar refractivity (Wildman–Crippen MR) is 63.7 cm³/mol. The molecule has 0 aromatic carbocycles. The number of nitriles is 1. The molecule has 0 spiro atoms. The third-order valence-electron chi connectivity index (χ3n) is 3.66. The van der Waals surface area contributed by atoms with Gasteiger partial charge in [-0.2, -0.15) is 5.26 Å². The molecule has 1 aliphatic heterocycles. The molecule has 4 heteroatoms. The summed E-state index contributed by atoms with van der Waals surface area (Å²) in [5.41, 5.74) is 0. The minimum absolute atomic E-state index is 0.0381. The first-order valence-electron chi connectivity index (χ1n) is 6.16. The van der Waals surface area contributed by atoms with Gasteiger partial charge in [-0.1, -0.05) is 12.3 Å². The van der Waals surface area contributed by atoms with E-state index in [1.165, 1.54) is 6.42 Å². The molecule has 1 saturated carbocycles. The Morgan fingerprint density at radius 2 is 2.06 bits per heavy atom. The molecule has 90 valence electrons. The number of hydrogen-bond acceptors (Lipinski definition) is 3. The van der Waals surface area contributed by atoms with E-state index in [9.17, 15) is 4.79 Å². The second kappa shape index (κ2) is 5.21. The summed E-state index contributed by atoms with van der Waals surface area (Å²) in [5.74, 6) is 2.56. The van der Waals surface area contributed by atoms with Crippen LogP contribution in [0.2, 0.25) is 0 Å². The second-order valence-corrected chi connectivity index (χ2v) is 4.71. The number of nitrogens with zero attached hydrogens (tertiary/aromatic N) is 2. The van der Waals surface area contributed by atoms with Gasteiger partial charge in [-0.3, -0.25) is 4.79 Å². The lowest BCUT2D eigenvalue weighted by Crippen LogP contribution is -2.47. The average molecular weight is 231 g/mol. The first-order valence-corrected chi connectivity index (χ1v) is 6.16. The Morgan fingerprint density at radius 1 is 1.35 bits per heavy atom. The van der Waals surface area contributed by atoms with Crippen molar-refractivity contribution in [3.05, 3.63) is 0 Å². The van der Waals surface area contributed by atoms with E-state index in [1.807, 2.05) is 0 Å². The van der Waals surface area contributed by atoms with Crippen LogP contribution in [0.25, 0.3) is 0 Å². The van der Waals surface area contributed by atoms with Crippen LogP contribution in [-0.2, 0) is 4.79 Å². The Morgan fingerprint density at radius 3 is 2.59 bits per heavy atom. The molecule has 0 radical (unpaired) electrons. The number of terminal acetylenes is 1.